The van der Waals surface area contributed by atoms with E-state index in [-0.39, 0.29) is 12.2 Å². The van der Waals surface area contributed by atoms with Crippen LogP contribution in [-0.4, -0.2) is 36.0 Å². The van der Waals surface area contributed by atoms with E-state index >= 15 is 0 Å². The summed E-state index contributed by atoms with van der Waals surface area (Å²) >= 11 is 11.7. The number of anilines is 1. The van der Waals surface area contributed by atoms with Crippen molar-refractivity contribution in [2.75, 3.05) is 18.0 Å². The summed E-state index contributed by atoms with van der Waals surface area (Å²) in [5.74, 6) is -0.509. The molecule has 0 radical (unpaired) electrons. The van der Waals surface area contributed by atoms with Gasteiger partial charge in [0.2, 0.25) is 0 Å². The number of hydrogen-bond donors (Lipinski definition) is 1. The van der Waals surface area contributed by atoms with Crippen molar-refractivity contribution in [1.29, 1.82) is 0 Å². The number of halogens is 2. The molecule has 0 aliphatic carbocycles. The molecule has 0 saturated carbocycles. The van der Waals surface area contributed by atoms with Gasteiger partial charge < -0.3 is 5.32 Å². The van der Waals surface area contributed by atoms with Crippen molar-refractivity contribution in [3.63, 3.8) is 0 Å². The number of benzene rings is 1. The summed E-state index contributed by atoms with van der Waals surface area (Å²) in [6.07, 6.45) is 0.731. The zero-order chi connectivity index (χ0) is 15.6. The van der Waals surface area contributed by atoms with Gasteiger partial charge in [-0.1, -0.05) is 30.1 Å². The Hall–Kier alpha value is -1.79. The van der Waals surface area contributed by atoms with Crippen molar-refractivity contribution in [1.82, 2.24) is 10.2 Å². The van der Waals surface area contributed by atoms with Crippen molar-refractivity contribution in [2.24, 2.45) is 0 Å². The van der Waals surface area contributed by atoms with Gasteiger partial charge in [0.25, 0.3) is 5.91 Å². The van der Waals surface area contributed by atoms with Crippen LogP contribution in [-0.2, 0) is 4.79 Å². The van der Waals surface area contributed by atoms with Crippen molar-refractivity contribution in [3.05, 3.63) is 28.2 Å². The lowest BCUT2D eigenvalue weighted by Gasteiger charge is -2.16. The quantitative estimate of drug-likeness (QED) is 0.867. The number of imide groups is 2. The van der Waals surface area contributed by atoms with E-state index in [0.717, 1.165) is 16.2 Å². The number of amides is 5. The molecule has 21 heavy (non-hydrogen) atoms. The highest BCUT2D eigenvalue weighted by Crippen LogP contribution is 2.28. The van der Waals surface area contributed by atoms with Crippen LogP contribution in [0.4, 0.5) is 15.3 Å². The molecule has 0 unspecified atom stereocenters. The molecule has 1 aliphatic heterocycles. The van der Waals surface area contributed by atoms with Crippen LogP contribution >= 0.6 is 23.2 Å². The summed E-state index contributed by atoms with van der Waals surface area (Å²) in [4.78, 5) is 37.8. The molecule has 1 aromatic rings. The second kappa shape index (κ2) is 6.32. The molecule has 1 fully saturated rings. The Bertz CT molecular complexity index is 586. The standard InChI is InChI=1S/C13H13Cl2N3O3/c1-2-3-16-12(20)17-7-11(19)18(13(17)21)10-5-8(14)4-9(15)6-10/h4-6H,2-3,7H2,1H3,(H,16,20). The van der Waals surface area contributed by atoms with Crippen LogP contribution in [0, 0.1) is 0 Å². The van der Waals surface area contributed by atoms with Gasteiger partial charge in [-0.3, -0.25) is 4.79 Å². The highest BCUT2D eigenvalue weighted by Gasteiger charge is 2.40. The smallest absolute Gasteiger partial charge is 0.338 e. The van der Waals surface area contributed by atoms with Crippen molar-refractivity contribution in [3.8, 4) is 0 Å². The zero-order valence-electron chi connectivity index (χ0n) is 11.2. The van der Waals surface area contributed by atoms with Gasteiger partial charge in [-0.25, -0.2) is 19.4 Å². The lowest BCUT2D eigenvalue weighted by molar-refractivity contribution is -0.116. The maximum absolute atomic E-state index is 12.2. The number of carbonyl (C=O) groups is 3. The van der Waals surface area contributed by atoms with Gasteiger partial charge in [-0.05, 0) is 24.6 Å². The van der Waals surface area contributed by atoms with Gasteiger partial charge >= 0.3 is 12.1 Å². The summed E-state index contributed by atoms with van der Waals surface area (Å²) in [5.41, 5.74) is 0.244. The van der Waals surface area contributed by atoms with Crippen LogP contribution < -0.4 is 10.2 Å². The molecule has 2 rings (SSSR count). The van der Waals surface area contributed by atoms with Gasteiger partial charge in [0.05, 0.1) is 5.69 Å². The monoisotopic (exact) mass is 329 g/mol. The first-order valence-electron chi connectivity index (χ1n) is 6.32. The molecule has 5 amide bonds. The highest BCUT2D eigenvalue weighted by molar-refractivity contribution is 6.35. The van der Waals surface area contributed by atoms with Gasteiger partial charge in [0.1, 0.15) is 6.54 Å². The Morgan fingerprint density at radius 1 is 1.24 bits per heavy atom. The normalized spacial score (nSPS) is 14.8. The third-order valence-corrected chi connectivity index (χ3v) is 3.28. The van der Waals surface area contributed by atoms with Gasteiger partial charge in [0.15, 0.2) is 0 Å². The zero-order valence-corrected chi connectivity index (χ0v) is 12.7. The van der Waals surface area contributed by atoms with Gasteiger partial charge in [-0.2, -0.15) is 0 Å². The first-order chi connectivity index (χ1) is 9.93. The van der Waals surface area contributed by atoms with E-state index in [1.54, 1.807) is 0 Å². The minimum Gasteiger partial charge on any atom is -0.338 e. The topological polar surface area (TPSA) is 69.7 Å². The number of rotatable bonds is 3. The Balaban J connectivity index is 2.24. The molecule has 0 spiro atoms. The molecular formula is C13H13Cl2N3O3. The lowest BCUT2D eigenvalue weighted by atomic mass is 10.3. The SMILES string of the molecule is CCCNC(=O)N1CC(=O)N(c2cc(Cl)cc(Cl)c2)C1=O. The molecule has 112 valence electrons. The average molecular weight is 330 g/mol. The van der Waals surface area contributed by atoms with Gasteiger partial charge in [0, 0.05) is 16.6 Å². The fourth-order valence-electron chi connectivity index (χ4n) is 1.91. The first-order valence-corrected chi connectivity index (χ1v) is 7.08. The van der Waals surface area contributed by atoms with Crippen molar-refractivity contribution < 1.29 is 14.4 Å². The summed E-state index contributed by atoms with van der Waals surface area (Å²) in [7, 11) is 0. The fourth-order valence-corrected chi connectivity index (χ4v) is 2.42. The molecule has 6 nitrogen and oxygen atoms in total. The first kappa shape index (κ1) is 15.6. The van der Waals surface area contributed by atoms with E-state index < -0.39 is 18.0 Å². The second-order valence-electron chi connectivity index (χ2n) is 4.46. The molecule has 0 atom stereocenters. The number of urea groups is 2. The van der Waals surface area contributed by atoms with Crippen LogP contribution in [0.3, 0.4) is 0 Å². The number of carbonyl (C=O) groups excluding carboxylic acids is 3. The van der Waals surface area contributed by atoms with Crippen LogP contribution in [0.25, 0.3) is 0 Å². The molecule has 1 heterocycles. The second-order valence-corrected chi connectivity index (χ2v) is 5.33. The molecule has 0 bridgehead atoms. The third kappa shape index (κ3) is 3.28. The van der Waals surface area contributed by atoms with Crippen molar-refractivity contribution in [2.45, 2.75) is 13.3 Å². The summed E-state index contributed by atoms with van der Waals surface area (Å²) in [5, 5.41) is 3.15. The van der Waals surface area contributed by atoms with E-state index in [4.69, 9.17) is 23.2 Å². The van der Waals surface area contributed by atoms with Crippen LogP contribution in [0.1, 0.15) is 13.3 Å². The maximum atomic E-state index is 12.2. The molecule has 8 heteroatoms. The Morgan fingerprint density at radius 3 is 2.43 bits per heavy atom. The Morgan fingerprint density at radius 2 is 1.86 bits per heavy atom. The summed E-state index contributed by atoms with van der Waals surface area (Å²) in [6, 6.07) is 3.06. The van der Waals surface area contributed by atoms with Crippen LogP contribution in [0.2, 0.25) is 10.0 Å². The number of hydrogen-bond acceptors (Lipinski definition) is 3. The van der Waals surface area contributed by atoms with E-state index in [1.165, 1.54) is 18.2 Å². The summed E-state index contributed by atoms with van der Waals surface area (Å²) < 4.78 is 0. The molecule has 0 aromatic heterocycles. The van der Waals surface area contributed by atoms with E-state index in [0.29, 0.717) is 16.6 Å². The molecule has 1 N–H and O–H groups in total. The molecule has 1 aromatic carbocycles. The Kier molecular flexibility index (Phi) is 4.69. The molecule has 1 aliphatic rings. The van der Waals surface area contributed by atoms with Crippen molar-refractivity contribution >= 4 is 46.9 Å². The predicted molar refractivity (Wildman–Crippen MR) is 79.7 cm³/mol. The minimum absolute atomic E-state index is 0.244. The van der Waals surface area contributed by atoms with Gasteiger partial charge in [-0.15, -0.1) is 0 Å². The van der Waals surface area contributed by atoms with E-state index in [1.807, 2.05) is 6.92 Å². The average Bonchev–Trinajstić information content (AvgIpc) is 2.70. The van der Waals surface area contributed by atoms with E-state index in [9.17, 15) is 14.4 Å². The number of nitrogens with zero attached hydrogens (tertiary/aromatic N) is 2. The number of nitrogens with one attached hydrogen (secondary N) is 1. The van der Waals surface area contributed by atoms with Crippen LogP contribution in [0.15, 0.2) is 18.2 Å². The fraction of sp³-hybridized carbons (Fsp3) is 0.308. The third-order valence-electron chi connectivity index (χ3n) is 2.84. The lowest BCUT2D eigenvalue weighted by Crippen LogP contribution is -2.43. The molecular weight excluding hydrogens is 317 g/mol. The predicted octanol–water partition coefficient (Wildman–Crippen LogP) is 2.88. The molecule has 1 saturated heterocycles. The summed E-state index contributed by atoms with van der Waals surface area (Å²) in [6.45, 7) is 2.01. The Labute approximate surface area is 131 Å². The highest BCUT2D eigenvalue weighted by atomic mass is 35.5. The maximum Gasteiger partial charge on any atom is 0.340 e. The van der Waals surface area contributed by atoms with Crippen LogP contribution in [0.5, 0.6) is 0 Å². The van der Waals surface area contributed by atoms with E-state index in [2.05, 4.69) is 5.32 Å². The minimum atomic E-state index is -0.716. The largest absolute Gasteiger partial charge is 0.340 e.